The number of carbonyl (C=O) groups excluding carboxylic acids is 1. The lowest BCUT2D eigenvalue weighted by Gasteiger charge is -2.09. The standard InChI is InChI=1S/C11H12BrCl2NO/c1-7-5-8(12)10(6-9(7)14)15-11(16)3-2-4-13/h5-6H,2-4H2,1H3,(H,15,16). The van der Waals surface area contributed by atoms with E-state index in [0.29, 0.717) is 29.4 Å². The van der Waals surface area contributed by atoms with Crippen molar-refractivity contribution in [3.63, 3.8) is 0 Å². The van der Waals surface area contributed by atoms with E-state index in [1.165, 1.54) is 0 Å². The van der Waals surface area contributed by atoms with Crippen LogP contribution in [0.1, 0.15) is 18.4 Å². The van der Waals surface area contributed by atoms with Crippen molar-refractivity contribution in [2.75, 3.05) is 11.2 Å². The van der Waals surface area contributed by atoms with Gasteiger partial charge in [0.05, 0.1) is 5.69 Å². The van der Waals surface area contributed by atoms with E-state index in [2.05, 4.69) is 21.2 Å². The first-order valence-corrected chi connectivity index (χ1v) is 6.56. The molecule has 2 nitrogen and oxygen atoms in total. The minimum Gasteiger partial charge on any atom is -0.325 e. The lowest BCUT2D eigenvalue weighted by molar-refractivity contribution is -0.116. The fraction of sp³-hybridized carbons (Fsp3) is 0.364. The Hall–Kier alpha value is -0.250. The molecule has 0 atom stereocenters. The van der Waals surface area contributed by atoms with Crippen molar-refractivity contribution in [3.05, 3.63) is 27.2 Å². The van der Waals surface area contributed by atoms with E-state index in [0.717, 1.165) is 10.0 Å². The highest BCUT2D eigenvalue weighted by Crippen LogP contribution is 2.29. The van der Waals surface area contributed by atoms with E-state index in [-0.39, 0.29) is 5.91 Å². The van der Waals surface area contributed by atoms with E-state index >= 15 is 0 Å². The van der Waals surface area contributed by atoms with Gasteiger partial charge in [0, 0.05) is 21.8 Å². The zero-order chi connectivity index (χ0) is 12.1. The molecule has 1 amide bonds. The van der Waals surface area contributed by atoms with Crippen LogP contribution in [-0.2, 0) is 4.79 Å². The van der Waals surface area contributed by atoms with Gasteiger partial charge in [-0.2, -0.15) is 0 Å². The molecule has 1 rings (SSSR count). The molecule has 5 heteroatoms. The van der Waals surface area contributed by atoms with Crippen LogP contribution in [0.3, 0.4) is 0 Å². The van der Waals surface area contributed by atoms with Crippen LogP contribution in [0.25, 0.3) is 0 Å². The summed E-state index contributed by atoms with van der Waals surface area (Å²) < 4.78 is 0.827. The number of alkyl halides is 1. The van der Waals surface area contributed by atoms with E-state index in [1.54, 1.807) is 6.07 Å². The van der Waals surface area contributed by atoms with Crippen LogP contribution < -0.4 is 5.32 Å². The van der Waals surface area contributed by atoms with Gasteiger partial charge in [-0.15, -0.1) is 11.6 Å². The van der Waals surface area contributed by atoms with Gasteiger partial charge in [-0.3, -0.25) is 4.79 Å². The van der Waals surface area contributed by atoms with Crippen molar-refractivity contribution in [1.29, 1.82) is 0 Å². The number of carbonyl (C=O) groups is 1. The molecule has 0 saturated carbocycles. The van der Waals surface area contributed by atoms with Gasteiger partial charge < -0.3 is 5.32 Å². The van der Waals surface area contributed by atoms with Gasteiger partial charge in [0.15, 0.2) is 0 Å². The average Bonchev–Trinajstić information content (AvgIpc) is 2.23. The molecule has 1 aromatic rings. The second-order valence-electron chi connectivity index (χ2n) is 3.42. The second-order valence-corrected chi connectivity index (χ2v) is 5.06. The number of hydrogen-bond acceptors (Lipinski definition) is 1. The van der Waals surface area contributed by atoms with Gasteiger partial charge in [-0.1, -0.05) is 11.6 Å². The predicted octanol–water partition coefficient (Wildman–Crippen LogP) is 4.37. The van der Waals surface area contributed by atoms with Crippen molar-refractivity contribution in [2.45, 2.75) is 19.8 Å². The molecule has 88 valence electrons. The molecule has 0 fully saturated rings. The Kier molecular flexibility index (Phi) is 5.59. The quantitative estimate of drug-likeness (QED) is 0.819. The summed E-state index contributed by atoms with van der Waals surface area (Å²) in [6.07, 6.45) is 1.09. The summed E-state index contributed by atoms with van der Waals surface area (Å²) in [5.41, 5.74) is 1.66. The second kappa shape index (κ2) is 6.48. The Bertz CT molecular complexity index is 396. The first-order valence-electron chi connectivity index (χ1n) is 4.86. The maximum atomic E-state index is 11.5. The molecule has 0 aliphatic heterocycles. The molecule has 0 bridgehead atoms. The van der Waals surface area contributed by atoms with Crippen LogP contribution in [-0.4, -0.2) is 11.8 Å². The summed E-state index contributed by atoms with van der Waals surface area (Å²) in [5, 5.41) is 3.42. The third-order valence-electron chi connectivity index (χ3n) is 2.06. The molecule has 0 saturated heterocycles. The maximum Gasteiger partial charge on any atom is 0.224 e. The Labute approximate surface area is 113 Å². The Morgan fingerprint density at radius 3 is 2.81 bits per heavy atom. The number of anilines is 1. The van der Waals surface area contributed by atoms with Gasteiger partial charge >= 0.3 is 0 Å². The molecule has 0 radical (unpaired) electrons. The molecule has 0 aliphatic rings. The van der Waals surface area contributed by atoms with Crippen molar-refractivity contribution in [3.8, 4) is 0 Å². The number of halogens is 3. The van der Waals surface area contributed by atoms with Gasteiger partial charge in [-0.25, -0.2) is 0 Å². The summed E-state index contributed by atoms with van der Waals surface area (Å²) in [4.78, 5) is 11.5. The Balaban J connectivity index is 2.73. The van der Waals surface area contributed by atoms with Crippen LogP contribution in [0.2, 0.25) is 5.02 Å². The highest BCUT2D eigenvalue weighted by Gasteiger charge is 2.07. The molecule has 0 aromatic heterocycles. The fourth-order valence-electron chi connectivity index (χ4n) is 1.18. The lowest BCUT2D eigenvalue weighted by atomic mass is 10.2. The Morgan fingerprint density at radius 1 is 1.50 bits per heavy atom. The number of nitrogens with one attached hydrogen (secondary N) is 1. The van der Waals surface area contributed by atoms with Gasteiger partial charge in [-0.05, 0) is 47.0 Å². The highest BCUT2D eigenvalue weighted by atomic mass is 79.9. The predicted molar refractivity (Wildman–Crippen MR) is 72.5 cm³/mol. The van der Waals surface area contributed by atoms with Crippen LogP contribution in [0, 0.1) is 6.92 Å². The molecule has 0 aliphatic carbocycles. The third kappa shape index (κ3) is 3.96. The number of rotatable bonds is 4. The normalized spacial score (nSPS) is 10.2. The molecule has 0 heterocycles. The van der Waals surface area contributed by atoms with Crippen LogP contribution in [0.5, 0.6) is 0 Å². The van der Waals surface area contributed by atoms with Crippen molar-refractivity contribution in [1.82, 2.24) is 0 Å². The summed E-state index contributed by atoms with van der Waals surface area (Å²) in [6.45, 7) is 1.91. The minimum atomic E-state index is -0.0544. The first kappa shape index (κ1) is 13.8. The Morgan fingerprint density at radius 2 is 2.19 bits per heavy atom. The summed E-state index contributed by atoms with van der Waals surface area (Å²) in [6, 6.07) is 3.61. The summed E-state index contributed by atoms with van der Waals surface area (Å²) in [5.74, 6) is 0.435. The number of aryl methyl sites for hydroxylation is 1. The molecule has 0 spiro atoms. The number of hydrogen-bond donors (Lipinski definition) is 1. The lowest BCUT2D eigenvalue weighted by Crippen LogP contribution is -2.11. The van der Waals surface area contributed by atoms with Crippen LogP contribution >= 0.6 is 39.1 Å². The topological polar surface area (TPSA) is 29.1 Å². The van der Waals surface area contributed by atoms with Gasteiger partial charge in [0.2, 0.25) is 5.91 Å². The van der Waals surface area contributed by atoms with Crippen LogP contribution in [0.15, 0.2) is 16.6 Å². The molecule has 1 N–H and O–H groups in total. The summed E-state index contributed by atoms with van der Waals surface area (Å²) >= 11 is 14.9. The highest BCUT2D eigenvalue weighted by molar-refractivity contribution is 9.10. The summed E-state index contributed by atoms with van der Waals surface area (Å²) in [7, 11) is 0. The smallest absolute Gasteiger partial charge is 0.224 e. The van der Waals surface area contributed by atoms with E-state index in [9.17, 15) is 4.79 Å². The minimum absolute atomic E-state index is 0.0544. The van der Waals surface area contributed by atoms with Crippen molar-refractivity contribution < 1.29 is 4.79 Å². The van der Waals surface area contributed by atoms with Crippen molar-refractivity contribution in [2.24, 2.45) is 0 Å². The number of benzene rings is 1. The monoisotopic (exact) mass is 323 g/mol. The van der Waals surface area contributed by atoms with Crippen LogP contribution in [0.4, 0.5) is 5.69 Å². The average molecular weight is 325 g/mol. The zero-order valence-electron chi connectivity index (χ0n) is 8.82. The molecule has 16 heavy (non-hydrogen) atoms. The molecule has 1 aromatic carbocycles. The first-order chi connectivity index (χ1) is 7.54. The van der Waals surface area contributed by atoms with Crippen molar-refractivity contribution >= 4 is 50.7 Å². The van der Waals surface area contributed by atoms with Gasteiger partial charge in [0.1, 0.15) is 0 Å². The van der Waals surface area contributed by atoms with Gasteiger partial charge in [0.25, 0.3) is 0 Å². The molecule has 0 unspecified atom stereocenters. The number of amides is 1. The molecular formula is C11H12BrCl2NO. The zero-order valence-corrected chi connectivity index (χ0v) is 11.9. The largest absolute Gasteiger partial charge is 0.325 e. The SMILES string of the molecule is Cc1cc(Br)c(NC(=O)CCCCl)cc1Cl. The van der Waals surface area contributed by atoms with E-state index < -0.39 is 0 Å². The van der Waals surface area contributed by atoms with E-state index in [4.69, 9.17) is 23.2 Å². The fourth-order valence-corrected chi connectivity index (χ4v) is 2.04. The third-order valence-corrected chi connectivity index (χ3v) is 3.39. The van der Waals surface area contributed by atoms with E-state index in [1.807, 2.05) is 13.0 Å². The molecular weight excluding hydrogens is 313 g/mol. The maximum absolute atomic E-state index is 11.5.